The fourth-order valence-electron chi connectivity index (χ4n) is 4.10. The first-order valence-corrected chi connectivity index (χ1v) is 8.30. The Bertz CT molecular complexity index is 660. The number of hydrogen-bond acceptors (Lipinski definition) is 2. The zero-order valence-corrected chi connectivity index (χ0v) is 13.1. The Labute approximate surface area is 136 Å². The van der Waals surface area contributed by atoms with Crippen LogP contribution in [0.1, 0.15) is 24.3 Å². The smallest absolute Gasteiger partial charge is 0.321 e. The van der Waals surface area contributed by atoms with Crippen LogP contribution in [0.15, 0.2) is 54.9 Å². The maximum absolute atomic E-state index is 12.4. The van der Waals surface area contributed by atoms with Crippen molar-refractivity contribution in [2.45, 2.75) is 18.8 Å². The summed E-state index contributed by atoms with van der Waals surface area (Å²) in [4.78, 5) is 18.4. The van der Waals surface area contributed by atoms with Crippen LogP contribution < -0.4 is 5.32 Å². The van der Waals surface area contributed by atoms with Crippen molar-refractivity contribution in [1.82, 2.24) is 9.88 Å². The molecule has 1 aromatic carbocycles. The number of pyridine rings is 1. The van der Waals surface area contributed by atoms with Crippen molar-refractivity contribution in [3.05, 3.63) is 60.4 Å². The minimum Gasteiger partial charge on any atom is -0.324 e. The highest BCUT2D eigenvalue weighted by Crippen LogP contribution is 2.46. The number of hydrogen-bond donors (Lipinski definition) is 1. The standard InChI is InChI=1S/C19H21N3O/c23-19(21-18-7-4-8-20-11-18)22-12-16-9-15(10-17(16)13-22)14-5-2-1-3-6-14/h1-8,11,15-17H,9-10,12-13H2,(H,21,23). The van der Waals surface area contributed by atoms with E-state index in [0.29, 0.717) is 17.8 Å². The number of nitrogens with zero attached hydrogens (tertiary/aromatic N) is 2. The van der Waals surface area contributed by atoms with E-state index in [9.17, 15) is 4.79 Å². The van der Waals surface area contributed by atoms with Gasteiger partial charge in [0.25, 0.3) is 0 Å². The Morgan fingerprint density at radius 3 is 2.43 bits per heavy atom. The van der Waals surface area contributed by atoms with Crippen LogP contribution in [0.2, 0.25) is 0 Å². The van der Waals surface area contributed by atoms with Gasteiger partial charge in [0.1, 0.15) is 0 Å². The Kier molecular flexibility index (Phi) is 3.74. The van der Waals surface area contributed by atoms with Crippen LogP contribution in [-0.4, -0.2) is 29.0 Å². The largest absolute Gasteiger partial charge is 0.324 e. The van der Waals surface area contributed by atoms with Crippen LogP contribution in [0.25, 0.3) is 0 Å². The maximum atomic E-state index is 12.4. The highest BCUT2D eigenvalue weighted by Gasteiger charge is 2.42. The average Bonchev–Trinajstić information content (AvgIpc) is 3.15. The number of fused-ring (bicyclic) bond motifs is 1. The van der Waals surface area contributed by atoms with E-state index < -0.39 is 0 Å². The molecule has 2 unspecified atom stereocenters. The summed E-state index contributed by atoms with van der Waals surface area (Å²) in [5, 5.41) is 2.94. The van der Waals surface area contributed by atoms with Gasteiger partial charge in [-0.05, 0) is 48.3 Å². The van der Waals surface area contributed by atoms with Crippen LogP contribution in [0, 0.1) is 11.8 Å². The van der Waals surface area contributed by atoms with E-state index in [-0.39, 0.29) is 6.03 Å². The highest BCUT2D eigenvalue weighted by atomic mass is 16.2. The lowest BCUT2D eigenvalue weighted by Gasteiger charge is -2.20. The molecule has 2 aliphatic rings. The van der Waals surface area contributed by atoms with Gasteiger partial charge in [0, 0.05) is 19.3 Å². The second kappa shape index (κ2) is 6.03. The molecule has 0 bridgehead atoms. The molecule has 1 aliphatic heterocycles. The third-order valence-electron chi connectivity index (χ3n) is 5.22. The third kappa shape index (κ3) is 2.93. The molecule has 1 aromatic heterocycles. The average molecular weight is 307 g/mol. The molecular weight excluding hydrogens is 286 g/mol. The van der Waals surface area contributed by atoms with Gasteiger partial charge in [-0.1, -0.05) is 30.3 Å². The van der Waals surface area contributed by atoms with Crippen LogP contribution in [-0.2, 0) is 0 Å². The second-order valence-corrected chi connectivity index (χ2v) is 6.68. The van der Waals surface area contributed by atoms with Crippen LogP contribution in [0.5, 0.6) is 0 Å². The Morgan fingerprint density at radius 2 is 1.78 bits per heavy atom. The zero-order valence-electron chi connectivity index (χ0n) is 13.1. The molecule has 0 spiro atoms. The van der Waals surface area contributed by atoms with Crippen molar-refractivity contribution in [3.63, 3.8) is 0 Å². The molecule has 2 aromatic rings. The number of anilines is 1. The lowest BCUT2D eigenvalue weighted by atomic mass is 9.96. The number of urea groups is 1. The van der Waals surface area contributed by atoms with Crippen LogP contribution in [0.4, 0.5) is 10.5 Å². The lowest BCUT2D eigenvalue weighted by Crippen LogP contribution is -2.33. The molecule has 2 amide bonds. The van der Waals surface area contributed by atoms with Crippen molar-refractivity contribution in [1.29, 1.82) is 0 Å². The summed E-state index contributed by atoms with van der Waals surface area (Å²) in [5.41, 5.74) is 2.21. The summed E-state index contributed by atoms with van der Waals surface area (Å²) < 4.78 is 0. The number of carbonyl (C=O) groups excluding carboxylic acids is 1. The van der Waals surface area contributed by atoms with E-state index in [1.54, 1.807) is 12.4 Å². The monoisotopic (exact) mass is 307 g/mol. The predicted octanol–water partition coefficient (Wildman–Crippen LogP) is 3.74. The van der Waals surface area contributed by atoms with E-state index in [1.807, 2.05) is 17.0 Å². The fraction of sp³-hybridized carbons (Fsp3) is 0.368. The van der Waals surface area contributed by atoms with Crippen LogP contribution in [0.3, 0.4) is 0 Å². The third-order valence-corrected chi connectivity index (χ3v) is 5.22. The molecule has 118 valence electrons. The summed E-state index contributed by atoms with van der Waals surface area (Å²) in [6.45, 7) is 1.75. The SMILES string of the molecule is O=C(Nc1cccnc1)N1CC2CC(c3ccccc3)CC2C1. The van der Waals surface area contributed by atoms with Gasteiger partial charge < -0.3 is 10.2 Å². The quantitative estimate of drug-likeness (QED) is 0.918. The predicted molar refractivity (Wildman–Crippen MR) is 90.2 cm³/mol. The number of aromatic nitrogens is 1. The van der Waals surface area contributed by atoms with E-state index in [4.69, 9.17) is 0 Å². The molecule has 2 heterocycles. The number of carbonyl (C=O) groups is 1. The van der Waals surface area contributed by atoms with Gasteiger partial charge in [0.15, 0.2) is 0 Å². The van der Waals surface area contributed by atoms with Gasteiger partial charge >= 0.3 is 6.03 Å². The molecule has 23 heavy (non-hydrogen) atoms. The molecule has 1 saturated heterocycles. The Balaban J connectivity index is 1.36. The summed E-state index contributed by atoms with van der Waals surface area (Å²) in [5.74, 6) is 1.94. The highest BCUT2D eigenvalue weighted by molar-refractivity contribution is 5.89. The van der Waals surface area contributed by atoms with Gasteiger partial charge in [-0.25, -0.2) is 4.79 Å². The summed E-state index contributed by atoms with van der Waals surface area (Å²) >= 11 is 0. The fourth-order valence-corrected chi connectivity index (χ4v) is 4.10. The van der Waals surface area contributed by atoms with Gasteiger partial charge in [0.2, 0.25) is 0 Å². The zero-order chi connectivity index (χ0) is 15.6. The molecule has 4 rings (SSSR count). The summed E-state index contributed by atoms with van der Waals surface area (Å²) in [6, 6.07) is 14.5. The summed E-state index contributed by atoms with van der Waals surface area (Å²) in [7, 11) is 0. The Hall–Kier alpha value is -2.36. The van der Waals surface area contributed by atoms with Gasteiger partial charge in [0.05, 0.1) is 11.9 Å². The Morgan fingerprint density at radius 1 is 1.04 bits per heavy atom. The van der Waals surface area contributed by atoms with Gasteiger partial charge in [-0.3, -0.25) is 4.98 Å². The van der Waals surface area contributed by atoms with Crippen molar-refractivity contribution in [2.75, 3.05) is 18.4 Å². The minimum absolute atomic E-state index is 0.00339. The topological polar surface area (TPSA) is 45.2 Å². The van der Waals surface area contributed by atoms with Crippen molar-refractivity contribution in [2.24, 2.45) is 11.8 Å². The van der Waals surface area contributed by atoms with E-state index in [0.717, 1.165) is 18.8 Å². The number of amides is 2. The molecule has 1 saturated carbocycles. The molecule has 4 nitrogen and oxygen atoms in total. The van der Waals surface area contributed by atoms with Crippen molar-refractivity contribution < 1.29 is 4.79 Å². The van der Waals surface area contributed by atoms with E-state index in [1.165, 1.54) is 18.4 Å². The molecule has 2 fully saturated rings. The first kappa shape index (κ1) is 14.2. The van der Waals surface area contributed by atoms with Crippen LogP contribution >= 0.6 is 0 Å². The number of rotatable bonds is 2. The number of benzene rings is 1. The molecule has 2 atom stereocenters. The summed E-state index contributed by atoms with van der Waals surface area (Å²) in [6.07, 6.45) is 5.79. The van der Waals surface area contributed by atoms with E-state index >= 15 is 0 Å². The normalized spacial score (nSPS) is 26.1. The maximum Gasteiger partial charge on any atom is 0.321 e. The van der Waals surface area contributed by atoms with E-state index in [2.05, 4.69) is 40.6 Å². The van der Waals surface area contributed by atoms with Gasteiger partial charge in [-0.2, -0.15) is 0 Å². The molecule has 1 aliphatic carbocycles. The second-order valence-electron chi connectivity index (χ2n) is 6.68. The van der Waals surface area contributed by atoms with Gasteiger partial charge in [-0.15, -0.1) is 0 Å². The first-order valence-electron chi connectivity index (χ1n) is 8.30. The van der Waals surface area contributed by atoms with Crippen molar-refractivity contribution in [3.8, 4) is 0 Å². The molecule has 0 radical (unpaired) electrons. The number of likely N-dealkylation sites (tertiary alicyclic amines) is 1. The lowest BCUT2D eigenvalue weighted by molar-refractivity contribution is 0.218. The molecule has 4 heteroatoms. The van der Waals surface area contributed by atoms with Crippen molar-refractivity contribution >= 4 is 11.7 Å². The molecule has 1 N–H and O–H groups in total. The minimum atomic E-state index is 0.00339. The molecular formula is C19H21N3O. The first-order chi connectivity index (χ1) is 11.3. The number of nitrogens with one attached hydrogen (secondary N) is 1.